The highest BCUT2D eigenvalue weighted by Crippen LogP contribution is 2.41. The molecule has 0 fully saturated rings. The summed E-state index contributed by atoms with van der Waals surface area (Å²) >= 11 is 1.45. The number of anilines is 1. The molecule has 0 saturated heterocycles. The second kappa shape index (κ2) is 7.63. The standard InChI is InChI=1S/C23H15N5O2S/c24-11-15-12-25-28(13-15)21-7-3-5-19(26-21)23(30)27-9-8-16-10-17(14-29)31-22(16)18-4-1-2-6-20(18)27/h1-7,10,12-14H,8-9H2. The van der Waals surface area contributed by atoms with Gasteiger partial charge in [0.25, 0.3) is 5.91 Å². The van der Waals surface area contributed by atoms with Crippen molar-refractivity contribution in [2.24, 2.45) is 0 Å². The molecule has 1 aliphatic rings. The largest absolute Gasteiger partial charge is 0.306 e. The Morgan fingerprint density at radius 2 is 2.06 bits per heavy atom. The fourth-order valence-electron chi connectivity index (χ4n) is 3.70. The Kier molecular flexibility index (Phi) is 4.65. The average molecular weight is 425 g/mol. The van der Waals surface area contributed by atoms with Gasteiger partial charge >= 0.3 is 0 Å². The lowest BCUT2D eigenvalue weighted by molar-refractivity contribution is 0.0982. The van der Waals surface area contributed by atoms with Crippen molar-refractivity contribution in [2.75, 3.05) is 11.4 Å². The lowest BCUT2D eigenvalue weighted by Crippen LogP contribution is -2.33. The van der Waals surface area contributed by atoms with E-state index in [-0.39, 0.29) is 5.91 Å². The Morgan fingerprint density at radius 1 is 1.19 bits per heavy atom. The molecule has 4 aromatic rings. The van der Waals surface area contributed by atoms with Crippen LogP contribution in [0.3, 0.4) is 0 Å². The number of carbonyl (C=O) groups excluding carboxylic acids is 2. The van der Waals surface area contributed by atoms with Crippen LogP contribution in [0.2, 0.25) is 0 Å². The molecule has 0 saturated carbocycles. The van der Waals surface area contributed by atoms with Gasteiger partial charge in [-0.2, -0.15) is 10.4 Å². The Labute approximate surface area is 181 Å². The molecule has 0 bridgehead atoms. The van der Waals surface area contributed by atoms with Gasteiger partial charge in [-0.15, -0.1) is 11.3 Å². The third-order valence-corrected chi connectivity index (χ3v) is 6.27. The summed E-state index contributed by atoms with van der Waals surface area (Å²) in [5, 5.41) is 13.2. The van der Waals surface area contributed by atoms with Gasteiger partial charge in [0.15, 0.2) is 12.1 Å². The first-order chi connectivity index (χ1) is 15.2. The fraction of sp³-hybridized carbons (Fsp3) is 0.0870. The number of para-hydroxylation sites is 1. The van der Waals surface area contributed by atoms with Crippen LogP contribution in [0.25, 0.3) is 16.3 Å². The van der Waals surface area contributed by atoms with E-state index < -0.39 is 0 Å². The zero-order valence-corrected chi connectivity index (χ0v) is 17.0. The topological polar surface area (TPSA) is 91.9 Å². The molecule has 0 radical (unpaired) electrons. The van der Waals surface area contributed by atoms with Crippen molar-refractivity contribution in [3.63, 3.8) is 0 Å². The van der Waals surface area contributed by atoms with E-state index in [4.69, 9.17) is 5.26 Å². The zero-order chi connectivity index (χ0) is 21.4. The maximum atomic E-state index is 13.5. The number of fused-ring (bicyclic) bond motifs is 3. The molecule has 0 atom stereocenters. The van der Waals surface area contributed by atoms with E-state index in [9.17, 15) is 9.59 Å². The molecule has 150 valence electrons. The van der Waals surface area contributed by atoms with Gasteiger partial charge < -0.3 is 4.90 Å². The number of aldehydes is 1. The first kappa shape index (κ1) is 18.9. The van der Waals surface area contributed by atoms with Gasteiger partial charge in [0.2, 0.25) is 0 Å². The zero-order valence-electron chi connectivity index (χ0n) is 16.2. The van der Waals surface area contributed by atoms with Crippen molar-refractivity contribution in [1.29, 1.82) is 5.26 Å². The molecule has 3 aromatic heterocycles. The summed E-state index contributed by atoms with van der Waals surface area (Å²) < 4.78 is 1.48. The minimum Gasteiger partial charge on any atom is -0.306 e. The van der Waals surface area contributed by atoms with Gasteiger partial charge in [0.1, 0.15) is 11.8 Å². The fourth-order valence-corrected chi connectivity index (χ4v) is 4.76. The third kappa shape index (κ3) is 3.31. The van der Waals surface area contributed by atoms with Gasteiger partial charge in [0, 0.05) is 17.0 Å². The average Bonchev–Trinajstić information content (AvgIpc) is 3.44. The van der Waals surface area contributed by atoms with Crippen LogP contribution in [0.5, 0.6) is 0 Å². The van der Waals surface area contributed by atoms with E-state index in [0.29, 0.717) is 34.9 Å². The molecule has 1 aliphatic heterocycles. The van der Waals surface area contributed by atoms with Gasteiger partial charge in [-0.1, -0.05) is 24.3 Å². The maximum absolute atomic E-state index is 13.5. The molecule has 1 aromatic carbocycles. The van der Waals surface area contributed by atoms with Crippen LogP contribution < -0.4 is 4.90 Å². The highest BCUT2D eigenvalue weighted by molar-refractivity contribution is 7.17. The second-order valence-electron chi connectivity index (χ2n) is 7.01. The number of pyridine rings is 1. The second-order valence-corrected chi connectivity index (χ2v) is 8.10. The quantitative estimate of drug-likeness (QED) is 0.465. The predicted molar refractivity (Wildman–Crippen MR) is 117 cm³/mol. The highest BCUT2D eigenvalue weighted by Gasteiger charge is 2.27. The highest BCUT2D eigenvalue weighted by atomic mass is 32.1. The SMILES string of the molecule is N#Cc1cnn(-c2cccc(C(=O)N3CCc4cc(C=O)sc4-c4ccccc43)n2)c1. The molecule has 31 heavy (non-hydrogen) atoms. The molecule has 8 heteroatoms. The van der Waals surface area contributed by atoms with Crippen LogP contribution in [0.1, 0.15) is 31.3 Å². The van der Waals surface area contributed by atoms with E-state index in [1.165, 1.54) is 22.2 Å². The van der Waals surface area contributed by atoms with Crippen molar-refractivity contribution in [3.8, 4) is 22.3 Å². The molecular formula is C23H15N5O2S. The monoisotopic (exact) mass is 425 g/mol. The van der Waals surface area contributed by atoms with E-state index in [2.05, 4.69) is 10.1 Å². The molecule has 5 rings (SSSR count). The molecule has 0 unspecified atom stereocenters. The van der Waals surface area contributed by atoms with Crippen molar-refractivity contribution in [3.05, 3.63) is 82.6 Å². The van der Waals surface area contributed by atoms with Crippen LogP contribution in [-0.4, -0.2) is 33.5 Å². The van der Waals surface area contributed by atoms with Crippen LogP contribution in [0.15, 0.2) is 60.9 Å². The number of nitrogens with zero attached hydrogens (tertiary/aromatic N) is 5. The first-order valence-electron chi connectivity index (χ1n) is 9.59. The molecule has 1 amide bonds. The first-order valence-corrected chi connectivity index (χ1v) is 10.4. The van der Waals surface area contributed by atoms with E-state index in [1.54, 1.807) is 29.3 Å². The van der Waals surface area contributed by atoms with Crippen LogP contribution in [-0.2, 0) is 6.42 Å². The summed E-state index contributed by atoms with van der Waals surface area (Å²) in [6.45, 7) is 0.476. The number of rotatable bonds is 3. The minimum absolute atomic E-state index is 0.215. The maximum Gasteiger partial charge on any atom is 0.276 e. The minimum atomic E-state index is -0.215. The van der Waals surface area contributed by atoms with Crippen molar-refractivity contribution in [1.82, 2.24) is 14.8 Å². The summed E-state index contributed by atoms with van der Waals surface area (Å²) in [6.07, 6.45) is 4.53. The number of thiophene rings is 1. The Bertz CT molecular complexity index is 1360. The number of nitriles is 1. The lowest BCUT2D eigenvalue weighted by atomic mass is 10.1. The number of benzene rings is 1. The van der Waals surface area contributed by atoms with Crippen molar-refractivity contribution in [2.45, 2.75) is 6.42 Å². The normalized spacial score (nSPS) is 12.4. The number of hydrogen-bond acceptors (Lipinski definition) is 6. The number of amides is 1. The molecule has 0 spiro atoms. The van der Waals surface area contributed by atoms with Gasteiger partial charge in [-0.25, -0.2) is 9.67 Å². The summed E-state index contributed by atoms with van der Waals surface area (Å²) in [4.78, 5) is 32.7. The lowest BCUT2D eigenvalue weighted by Gasteiger charge is -2.22. The molecule has 7 nitrogen and oxygen atoms in total. The molecular weight excluding hydrogens is 410 g/mol. The summed E-state index contributed by atoms with van der Waals surface area (Å²) in [7, 11) is 0. The smallest absolute Gasteiger partial charge is 0.276 e. The molecule has 0 aliphatic carbocycles. The number of aromatic nitrogens is 3. The molecule has 0 N–H and O–H groups in total. The summed E-state index contributed by atoms with van der Waals surface area (Å²) in [6, 6.07) is 16.8. The van der Waals surface area contributed by atoms with Gasteiger partial charge in [-0.05, 0) is 36.2 Å². The number of hydrogen-bond donors (Lipinski definition) is 0. The van der Waals surface area contributed by atoms with Crippen molar-refractivity contribution < 1.29 is 9.59 Å². The van der Waals surface area contributed by atoms with E-state index >= 15 is 0 Å². The summed E-state index contributed by atoms with van der Waals surface area (Å²) in [5.74, 6) is 0.248. The van der Waals surface area contributed by atoms with Crippen LogP contribution in [0.4, 0.5) is 5.69 Å². The van der Waals surface area contributed by atoms with Gasteiger partial charge in [0.05, 0.1) is 28.5 Å². The van der Waals surface area contributed by atoms with E-state index in [1.807, 2.05) is 36.4 Å². The van der Waals surface area contributed by atoms with Crippen LogP contribution in [0, 0.1) is 11.3 Å². The Balaban J connectivity index is 1.54. The molecule has 4 heterocycles. The van der Waals surface area contributed by atoms with Crippen molar-refractivity contribution >= 4 is 29.2 Å². The predicted octanol–water partition coefficient (Wildman–Crippen LogP) is 3.88. The Hall–Kier alpha value is -4.09. The Morgan fingerprint density at radius 3 is 2.87 bits per heavy atom. The number of carbonyl (C=O) groups is 2. The van der Waals surface area contributed by atoms with Crippen LogP contribution >= 0.6 is 11.3 Å². The van der Waals surface area contributed by atoms with E-state index in [0.717, 1.165) is 28.0 Å². The third-order valence-electron chi connectivity index (χ3n) is 5.13. The van der Waals surface area contributed by atoms with Gasteiger partial charge in [-0.3, -0.25) is 9.59 Å². The summed E-state index contributed by atoms with van der Waals surface area (Å²) in [5.41, 5.74) is 3.50.